The van der Waals surface area contributed by atoms with Crippen LogP contribution in [-0.2, 0) is 14.6 Å². The summed E-state index contributed by atoms with van der Waals surface area (Å²) in [6, 6.07) is 15.2. The molecule has 1 heterocycles. The van der Waals surface area contributed by atoms with Crippen LogP contribution in [0.15, 0.2) is 59.5 Å². The van der Waals surface area contributed by atoms with Gasteiger partial charge in [-0.3, -0.25) is 9.59 Å². The summed E-state index contributed by atoms with van der Waals surface area (Å²) in [5.74, 6) is -0.447. The van der Waals surface area contributed by atoms with Gasteiger partial charge in [0.2, 0.25) is 5.91 Å². The van der Waals surface area contributed by atoms with Crippen LogP contribution < -0.4 is 10.1 Å². The fraction of sp³-hybridized carbons (Fsp3) is 0.190. The number of hydrogen-bond donors (Lipinski definition) is 1. The maximum absolute atomic E-state index is 12.4. The van der Waals surface area contributed by atoms with Gasteiger partial charge in [0.1, 0.15) is 5.75 Å². The first kappa shape index (κ1) is 21.7. The Morgan fingerprint density at radius 3 is 2.33 bits per heavy atom. The summed E-state index contributed by atoms with van der Waals surface area (Å²) in [5.41, 5.74) is 1.26. The van der Waals surface area contributed by atoms with Crippen molar-refractivity contribution in [1.82, 2.24) is 4.98 Å². The summed E-state index contributed by atoms with van der Waals surface area (Å²) in [5, 5.41) is 2.86. The number of amides is 1. The largest absolute Gasteiger partial charge is 0.497 e. The number of sulfone groups is 1. The van der Waals surface area contributed by atoms with Gasteiger partial charge in [0, 0.05) is 18.9 Å². The zero-order valence-corrected chi connectivity index (χ0v) is 18.0. The summed E-state index contributed by atoms with van der Waals surface area (Å²) in [4.78, 5) is 29.2. The Balaban J connectivity index is 1.69. The second kappa shape index (κ2) is 9.19. The fourth-order valence-corrected chi connectivity index (χ4v) is 4.85. The zero-order valence-electron chi connectivity index (χ0n) is 16.4. The van der Waals surface area contributed by atoms with Crippen LogP contribution in [0, 0.1) is 0 Å². The molecular weight excluding hydrogens is 424 g/mol. The Bertz CT molecular complexity index is 1150. The molecule has 0 atom stereocenters. The number of benzene rings is 2. The van der Waals surface area contributed by atoms with Crippen LogP contribution in [0.2, 0.25) is 0 Å². The van der Waals surface area contributed by atoms with Crippen molar-refractivity contribution in [2.45, 2.75) is 18.2 Å². The van der Waals surface area contributed by atoms with E-state index in [2.05, 4.69) is 10.3 Å². The molecule has 0 saturated carbocycles. The highest BCUT2D eigenvalue weighted by Gasteiger charge is 2.20. The molecular formula is C21H20N2O5S2. The number of thiazole rings is 1. The predicted octanol–water partition coefficient (Wildman–Crippen LogP) is 3.82. The van der Waals surface area contributed by atoms with Crippen molar-refractivity contribution >= 4 is 38.0 Å². The van der Waals surface area contributed by atoms with Crippen LogP contribution in [0.3, 0.4) is 0 Å². The van der Waals surface area contributed by atoms with Gasteiger partial charge < -0.3 is 10.1 Å². The lowest BCUT2D eigenvalue weighted by atomic mass is 10.1. The van der Waals surface area contributed by atoms with Crippen molar-refractivity contribution in [3.8, 4) is 17.0 Å². The molecule has 3 rings (SSSR count). The van der Waals surface area contributed by atoms with E-state index in [1.807, 2.05) is 30.3 Å². The molecule has 2 aromatic carbocycles. The molecule has 0 aliphatic carbocycles. The molecule has 30 heavy (non-hydrogen) atoms. The molecule has 0 aliphatic rings. The topological polar surface area (TPSA) is 102 Å². The molecule has 0 spiro atoms. The van der Waals surface area contributed by atoms with Gasteiger partial charge >= 0.3 is 0 Å². The summed E-state index contributed by atoms with van der Waals surface area (Å²) in [7, 11) is -2.13. The first-order chi connectivity index (χ1) is 14.3. The van der Waals surface area contributed by atoms with E-state index < -0.39 is 15.7 Å². The van der Waals surface area contributed by atoms with Crippen LogP contribution in [0.25, 0.3) is 11.3 Å². The average molecular weight is 445 g/mol. The van der Waals surface area contributed by atoms with Gasteiger partial charge in [-0.2, -0.15) is 0 Å². The number of ether oxygens (including phenoxy) is 1. The number of hydrogen-bond acceptors (Lipinski definition) is 7. The van der Waals surface area contributed by atoms with Crippen LogP contribution in [0.5, 0.6) is 5.75 Å². The zero-order chi connectivity index (χ0) is 21.7. The Hall–Kier alpha value is -3.04. The minimum atomic E-state index is -3.62. The summed E-state index contributed by atoms with van der Waals surface area (Å²) >= 11 is 1.07. The van der Waals surface area contributed by atoms with E-state index in [0.29, 0.717) is 16.3 Å². The second-order valence-electron chi connectivity index (χ2n) is 6.41. The molecule has 0 bridgehead atoms. The van der Waals surface area contributed by atoms with Crippen LogP contribution in [-0.4, -0.2) is 38.0 Å². The minimum absolute atomic E-state index is 0.121. The number of ketones is 1. The van der Waals surface area contributed by atoms with Crippen molar-refractivity contribution in [2.75, 3.05) is 18.2 Å². The number of rotatable bonds is 8. The van der Waals surface area contributed by atoms with Crippen molar-refractivity contribution < 1.29 is 22.7 Å². The molecule has 0 fully saturated rings. The monoisotopic (exact) mass is 444 g/mol. The number of anilines is 1. The molecule has 1 amide bonds. The lowest BCUT2D eigenvalue weighted by Crippen LogP contribution is -2.17. The average Bonchev–Trinajstić information content (AvgIpc) is 3.17. The first-order valence-electron chi connectivity index (χ1n) is 9.04. The molecule has 1 N–H and O–H groups in total. The van der Waals surface area contributed by atoms with Gasteiger partial charge in [-0.15, -0.1) is 0 Å². The standard InChI is InChI=1S/C21H20N2O5S2/c1-14(24)20-19(15-6-4-3-5-7-15)23-21(29-20)22-18(25)12-13-30(26,27)17-10-8-16(28-2)9-11-17/h3-11H,12-13H2,1-2H3,(H,22,23,25). The molecule has 0 radical (unpaired) electrons. The molecule has 7 nitrogen and oxygen atoms in total. The van der Waals surface area contributed by atoms with E-state index in [0.717, 1.165) is 16.9 Å². The second-order valence-corrected chi connectivity index (χ2v) is 9.52. The fourth-order valence-electron chi connectivity index (χ4n) is 2.71. The third kappa shape index (κ3) is 5.11. The van der Waals surface area contributed by atoms with E-state index >= 15 is 0 Å². The summed E-state index contributed by atoms with van der Waals surface area (Å²) in [6.07, 6.45) is -0.232. The third-order valence-corrected chi connectivity index (χ3v) is 7.06. The normalized spacial score (nSPS) is 11.1. The van der Waals surface area contributed by atoms with E-state index in [-0.39, 0.29) is 28.0 Å². The minimum Gasteiger partial charge on any atom is -0.497 e. The van der Waals surface area contributed by atoms with E-state index in [4.69, 9.17) is 4.74 Å². The third-order valence-electron chi connectivity index (χ3n) is 4.26. The highest BCUT2D eigenvalue weighted by molar-refractivity contribution is 7.91. The van der Waals surface area contributed by atoms with Crippen molar-refractivity contribution in [3.05, 3.63) is 59.5 Å². The lowest BCUT2D eigenvalue weighted by molar-refractivity contribution is -0.115. The molecule has 1 aromatic heterocycles. The highest BCUT2D eigenvalue weighted by Crippen LogP contribution is 2.31. The summed E-state index contributed by atoms with van der Waals surface area (Å²) < 4.78 is 29.9. The van der Waals surface area contributed by atoms with Gasteiger partial charge in [0.25, 0.3) is 0 Å². The molecule has 156 valence electrons. The van der Waals surface area contributed by atoms with Gasteiger partial charge in [0.15, 0.2) is 20.8 Å². The maximum Gasteiger partial charge on any atom is 0.227 e. The Morgan fingerprint density at radius 2 is 1.73 bits per heavy atom. The van der Waals surface area contributed by atoms with Crippen molar-refractivity contribution in [1.29, 1.82) is 0 Å². The quantitative estimate of drug-likeness (QED) is 0.530. The Kier molecular flexibility index (Phi) is 6.63. The van der Waals surface area contributed by atoms with E-state index in [9.17, 15) is 18.0 Å². The number of nitrogens with one attached hydrogen (secondary N) is 1. The molecule has 0 unspecified atom stereocenters. The predicted molar refractivity (Wildman–Crippen MR) is 116 cm³/mol. The number of carbonyl (C=O) groups excluding carboxylic acids is 2. The Labute approximate surface area is 178 Å². The van der Waals surface area contributed by atoms with Gasteiger partial charge in [-0.05, 0) is 24.3 Å². The summed E-state index contributed by atoms with van der Waals surface area (Å²) in [6.45, 7) is 1.44. The van der Waals surface area contributed by atoms with E-state index in [1.165, 1.54) is 26.2 Å². The van der Waals surface area contributed by atoms with Crippen LogP contribution >= 0.6 is 11.3 Å². The van der Waals surface area contributed by atoms with Gasteiger partial charge in [-0.25, -0.2) is 13.4 Å². The SMILES string of the molecule is COc1ccc(S(=O)(=O)CCC(=O)Nc2nc(-c3ccccc3)c(C(C)=O)s2)cc1. The Morgan fingerprint density at radius 1 is 1.07 bits per heavy atom. The smallest absolute Gasteiger partial charge is 0.227 e. The number of Topliss-reactive ketones (excluding diaryl/α,β-unsaturated/α-hetero) is 1. The number of aromatic nitrogens is 1. The number of nitrogens with zero attached hydrogens (tertiary/aromatic N) is 1. The van der Waals surface area contributed by atoms with Crippen LogP contribution in [0.4, 0.5) is 5.13 Å². The number of carbonyl (C=O) groups is 2. The number of methoxy groups -OCH3 is 1. The van der Waals surface area contributed by atoms with E-state index in [1.54, 1.807) is 12.1 Å². The molecule has 3 aromatic rings. The highest BCUT2D eigenvalue weighted by atomic mass is 32.2. The molecule has 0 saturated heterocycles. The van der Waals surface area contributed by atoms with Crippen LogP contribution in [0.1, 0.15) is 23.0 Å². The molecule has 9 heteroatoms. The molecule has 0 aliphatic heterocycles. The van der Waals surface area contributed by atoms with Crippen molar-refractivity contribution in [3.63, 3.8) is 0 Å². The van der Waals surface area contributed by atoms with Crippen molar-refractivity contribution in [2.24, 2.45) is 0 Å². The maximum atomic E-state index is 12.4. The first-order valence-corrected chi connectivity index (χ1v) is 11.5. The van der Waals surface area contributed by atoms with Gasteiger partial charge in [0.05, 0.1) is 28.3 Å². The lowest BCUT2D eigenvalue weighted by Gasteiger charge is -2.06. The van der Waals surface area contributed by atoms with Gasteiger partial charge in [-0.1, -0.05) is 41.7 Å².